The van der Waals surface area contributed by atoms with Gasteiger partial charge in [0.1, 0.15) is 5.82 Å². The van der Waals surface area contributed by atoms with Gasteiger partial charge in [-0.2, -0.15) is 13.5 Å². The van der Waals surface area contributed by atoms with Gasteiger partial charge in [-0.25, -0.2) is 14.2 Å². The van der Waals surface area contributed by atoms with Crippen LogP contribution in [0.25, 0.3) is 11.8 Å². The van der Waals surface area contributed by atoms with Crippen LogP contribution in [0.5, 0.6) is 0 Å². The molecule has 2 rings (SSSR count). The number of esters is 1. The minimum Gasteiger partial charge on any atom is -0.466 e. The Morgan fingerprint density at radius 1 is 1.33 bits per heavy atom. The topological polar surface area (TPSA) is 66.1 Å². The summed E-state index contributed by atoms with van der Waals surface area (Å²) in [6, 6.07) is 2.67. The lowest BCUT2D eigenvalue weighted by molar-refractivity contribution is -0.134. The molecule has 0 unspecified atom stereocenters. The highest BCUT2D eigenvalue weighted by molar-refractivity contribution is 6.36. The van der Waals surface area contributed by atoms with E-state index in [1.807, 2.05) is 0 Å². The van der Waals surface area contributed by atoms with E-state index in [2.05, 4.69) is 9.84 Å². The van der Waals surface area contributed by atoms with E-state index < -0.39 is 18.2 Å². The zero-order chi connectivity index (χ0) is 18.0. The van der Waals surface area contributed by atoms with E-state index in [9.17, 15) is 18.4 Å². The van der Waals surface area contributed by atoms with Gasteiger partial charge in [-0.1, -0.05) is 23.2 Å². The monoisotopic (exact) mass is 377 g/mol. The molecule has 0 saturated carbocycles. The average molecular weight is 378 g/mol. The Balaban J connectivity index is 2.60. The van der Waals surface area contributed by atoms with Crippen molar-refractivity contribution in [2.45, 2.75) is 13.5 Å². The second-order valence-electron chi connectivity index (χ2n) is 4.57. The van der Waals surface area contributed by atoms with Crippen LogP contribution in [0.15, 0.2) is 23.0 Å². The number of aryl methyl sites for hydroxylation is 1. The summed E-state index contributed by atoms with van der Waals surface area (Å²) in [6.07, 6.45) is 2.46. The molecule has 0 atom stereocenters. The molecule has 1 heterocycles. The van der Waals surface area contributed by atoms with E-state index >= 15 is 0 Å². The fourth-order valence-electron chi connectivity index (χ4n) is 1.93. The molecule has 6 nitrogen and oxygen atoms in total. The van der Waals surface area contributed by atoms with Crippen molar-refractivity contribution in [1.82, 2.24) is 14.3 Å². The van der Waals surface area contributed by atoms with Crippen LogP contribution in [0.3, 0.4) is 0 Å². The van der Waals surface area contributed by atoms with E-state index in [0.29, 0.717) is 5.56 Å². The van der Waals surface area contributed by atoms with Crippen molar-refractivity contribution in [3.63, 3.8) is 0 Å². The molecular formula is C14H11Cl2F2N3O3. The molecule has 0 bridgehead atoms. The number of methoxy groups -OCH3 is 1. The van der Waals surface area contributed by atoms with Crippen LogP contribution in [0.4, 0.5) is 8.78 Å². The number of carbonyl (C=O) groups is 1. The summed E-state index contributed by atoms with van der Waals surface area (Å²) in [6.45, 7) is -1.76. The van der Waals surface area contributed by atoms with Crippen LogP contribution in [-0.4, -0.2) is 27.4 Å². The second kappa shape index (κ2) is 7.14. The van der Waals surface area contributed by atoms with E-state index in [0.717, 1.165) is 10.8 Å². The molecule has 0 fully saturated rings. The zero-order valence-electron chi connectivity index (χ0n) is 12.5. The highest BCUT2D eigenvalue weighted by atomic mass is 35.5. The number of nitrogens with zero attached hydrogens (tertiary/aromatic N) is 3. The van der Waals surface area contributed by atoms with Crippen molar-refractivity contribution in [1.29, 1.82) is 0 Å². The number of benzene rings is 1. The molecule has 128 valence electrons. The second-order valence-corrected chi connectivity index (χ2v) is 5.39. The van der Waals surface area contributed by atoms with Gasteiger partial charge < -0.3 is 4.74 Å². The van der Waals surface area contributed by atoms with Crippen LogP contribution in [-0.2, 0) is 9.53 Å². The predicted molar refractivity (Wildman–Crippen MR) is 84.9 cm³/mol. The van der Waals surface area contributed by atoms with Gasteiger partial charge >= 0.3 is 18.2 Å². The molecule has 0 aliphatic carbocycles. The zero-order valence-corrected chi connectivity index (χ0v) is 14.0. The van der Waals surface area contributed by atoms with Gasteiger partial charge in [0.05, 0.1) is 17.8 Å². The first-order valence-corrected chi connectivity index (χ1v) is 7.23. The van der Waals surface area contributed by atoms with Crippen molar-refractivity contribution in [3.8, 4) is 5.69 Å². The summed E-state index contributed by atoms with van der Waals surface area (Å²) in [5, 5.41) is 4.02. The summed E-state index contributed by atoms with van der Waals surface area (Å²) in [4.78, 5) is 23.3. The summed E-state index contributed by atoms with van der Waals surface area (Å²) in [5.41, 5.74) is -0.662. The molecule has 0 N–H and O–H groups in total. The van der Waals surface area contributed by atoms with Gasteiger partial charge in [0, 0.05) is 11.1 Å². The van der Waals surface area contributed by atoms with E-state index in [1.54, 1.807) is 0 Å². The van der Waals surface area contributed by atoms with Gasteiger partial charge in [-0.05, 0) is 30.7 Å². The highest BCUT2D eigenvalue weighted by Crippen LogP contribution is 2.28. The Bertz CT molecular complexity index is 875. The number of hydrogen-bond acceptors (Lipinski definition) is 4. The Hall–Kier alpha value is -2.19. The molecule has 24 heavy (non-hydrogen) atoms. The Morgan fingerprint density at radius 3 is 2.54 bits per heavy atom. The number of alkyl halides is 2. The van der Waals surface area contributed by atoms with Crippen molar-refractivity contribution in [2.24, 2.45) is 0 Å². The molecule has 1 aromatic heterocycles. The average Bonchev–Trinajstić information content (AvgIpc) is 2.80. The summed E-state index contributed by atoms with van der Waals surface area (Å²) >= 11 is 12.1. The number of hydrogen-bond donors (Lipinski definition) is 0. The molecule has 0 spiro atoms. The minimum atomic E-state index is -3.03. The lowest BCUT2D eigenvalue weighted by atomic mass is 10.2. The van der Waals surface area contributed by atoms with Crippen LogP contribution in [0, 0.1) is 6.92 Å². The molecule has 0 radical (unpaired) electrons. The molecule has 1 aromatic carbocycles. The van der Waals surface area contributed by atoms with Crippen molar-refractivity contribution >= 4 is 35.2 Å². The first-order valence-electron chi connectivity index (χ1n) is 6.48. The first-order chi connectivity index (χ1) is 11.3. The summed E-state index contributed by atoms with van der Waals surface area (Å²) in [5.74, 6) is -0.787. The van der Waals surface area contributed by atoms with E-state index in [4.69, 9.17) is 23.2 Å². The Morgan fingerprint density at radius 2 is 2.00 bits per heavy atom. The van der Waals surface area contributed by atoms with Crippen molar-refractivity contribution in [2.75, 3.05) is 7.11 Å². The number of halogens is 4. The molecule has 0 saturated heterocycles. The summed E-state index contributed by atoms with van der Waals surface area (Å²) < 4.78 is 31.2. The van der Waals surface area contributed by atoms with Gasteiger partial charge in [-0.3, -0.25) is 0 Å². The SMILES string of the molecule is COC(=O)/C=C/c1cc(-n2nc(C)n(C(F)F)c2=O)c(Cl)cc1Cl. The Kier molecular flexibility index (Phi) is 5.40. The summed E-state index contributed by atoms with van der Waals surface area (Å²) in [7, 11) is 1.21. The fraction of sp³-hybridized carbons (Fsp3) is 0.214. The third-order valence-electron chi connectivity index (χ3n) is 3.07. The smallest absolute Gasteiger partial charge is 0.355 e. The fourth-order valence-corrected chi connectivity index (χ4v) is 2.45. The standard InChI is InChI=1S/C14H11Cl2F2N3O3/c1-7-19-21(14(23)20(7)13(17)18)11-5-8(3-4-12(22)24-2)9(15)6-10(11)16/h3-6,13H,1-2H3/b4-3+. The number of carbonyl (C=O) groups excluding carboxylic acids is 1. The highest BCUT2D eigenvalue weighted by Gasteiger charge is 2.20. The maximum Gasteiger partial charge on any atom is 0.355 e. The van der Waals surface area contributed by atoms with E-state index in [1.165, 1.54) is 32.2 Å². The van der Waals surface area contributed by atoms with Crippen LogP contribution in [0.2, 0.25) is 10.0 Å². The lowest BCUT2D eigenvalue weighted by Gasteiger charge is -2.07. The number of ether oxygens (including phenoxy) is 1. The van der Waals surface area contributed by atoms with Gasteiger partial charge in [0.25, 0.3) is 0 Å². The molecule has 0 aliphatic rings. The van der Waals surface area contributed by atoms with Crippen molar-refractivity contribution in [3.05, 3.63) is 50.1 Å². The van der Waals surface area contributed by atoms with E-state index in [-0.39, 0.29) is 26.1 Å². The maximum atomic E-state index is 12.9. The van der Waals surface area contributed by atoms with Crippen LogP contribution >= 0.6 is 23.2 Å². The Labute approximate surface area is 144 Å². The molecule has 0 aliphatic heterocycles. The third-order valence-corrected chi connectivity index (χ3v) is 3.70. The van der Waals surface area contributed by atoms with Gasteiger partial charge in [-0.15, -0.1) is 5.10 Å². The largest absolute Gasteiger partial charge is 0.466 e. The molecule has 2 aromatic rings. The molecular weight excluding hydrogens is 367 g/mol. The normalized spacial score (nSPS) is 11.5. The predicted octanol–water partition coefficient (Wildman–Crippen LogP) is 3.23. The number of aromatic nitrogens is 3. The van der Waals surface area contributed by atoms with Crippen LogP contribution in [0.1, 0.15) is 17.9 Å². The van der Waals surface area contributed by atoms with Gasteiger partial charge in [0.2, 0.25) is 0 Å². The minimum absolute atomic E-state index is 0.0382. The van der Waals surface area contributed by atoms with Gasteiger partial charge in [0.15, 0.2) is 0 Å². The molecule has 10 heteroatoms. The first kappa shape index (κ1) is 18.2. The maximum absolute atomic E-state index is 12.9. The third kappa shape index (κ3) is 3.49. The number of rotatable bonds is 4. The lowest BCUT2D eigenvalue weighted by Crippen LogP contribution is -2.25. The van der Waals surface area contributed by atoms with Crippen molar-refractivity contribution < 1.29 is 18.3 Å². The quantitative estimate of drug-likeness (QED) is 0.605. The van der Waals surface area contributed by atoms with Crippen LogP contribution < -0.4 is 5.69 Å². The molecule has 0 amide bonds.